The summed E-state index contributed by atoms with van der Waals surface area (Å²) in [5, 5.41) is 5.77. The molecular weight excluding hydrogens is 665 g/mol. The monoisotopic (exact) mass is 690 g/mol. The van der Waals surface area contributed by atoms with Crippen LogP contribution in [-0.2, 0) is 16.5 Å². The summed E-state index contributed by atoms with van der Waals surface area (Å²) in [5.74, 6) is 0. The third-order valence-electron chi connectivity index (χ3n) is 6.06. The molecule has 0 amide bonds. The molecule has 5 aromatic rings. The molecule has 0 saturated carbocycles. The van der Waals surface area contributed by atoms with E-state index in [9.17, 15) is 0 Å². The van der Waals surface area contributed by atoms with Crippen molar-refractivity contribution >= 4 is 37.1 Å². The van der Waals surface area contributed by atoms with E-state index in [-0.39, 0.29) is 50.5 Å². The molecule has 1 atom stereocenters. The van der Waals surface area contributed by atoms with Gasteiger partial charge in [0.15, 0.2) is 0 Å². The molecule has 0 heterocycles. The van der Waals surface area contributed by atoms with Crippen LogP contribution in [0, 0.1) is 0 Å². The molecule has 0 aliphatic heterocycles. The van der Waals surface area contributed by atoms with E-state index in [1.54, 1.807) is 0 Å². The maximum atomic E-state index is 2.33. The van der Waals surface area contributed by atoms with Crippen LogP contribution in [0.15, 0.2) is 152 Å². The van der Waals surface area contributed by atoms with Crippen LogP contribution in [0.4, 0.5) is 0 Å². The van der Waals surface area contributed by atoms with E-state index in [2.05, 4.69) is 152 Å². The second-order valence-corrected chi connectivity index (χ2v) is 12.9. The third-order valence-corrected chi connectivity index (χ3v) is 11.7. The molecule has 0 unspecified atom stereocenters. The average molecular weight is 693 g/mol. The van der Waals surface area contributed by atoms with Gasteiger partial charge >= 0.3 is 16.5 Å². The Bertz CT molecular complexity index is 1200. The number of halogens is 2. The number of hydrogen-bond donors (Lipinski definition) is 0. The molecular formula is C32H28Br2NiP2. The first kappa shape index (κ1) is 31.6. The molecule has 190 valence electrons. The number of rotatable bonds is 8. The van der Waals surface area contributed by atoms with E-state index in [0.717, 1.165) is 6.16 Å². The Morgan fingerprint density at radius 1 is 0.405 bits per heavy atom. The van der Waals surface area contributed by atoms with Crippen molar-refractivity contribution in [1.82, 2.24) is 0 Å². The minimum atomic E-state index is -0.588. The van der Waals surface area contributed by atoms with Gasteiger partial charge in [0, 0.05) is 5.66 Å². The van der Waals surface area contributed by atoms with Gasteiger partial charge in [-0.25, -0.2) is 0 Å². The predicted octanol–water partition coefficient (Wildman–Crippen LogP) is 0.999. The zero-order valence-corrected chi connectivity index (χ0v) is 26.1. The fraction of sp³-hybridized carbons (Fsp3) is 0.0625. The molecule has 5 heteroatoms. The molecule has 0 aliphatic rings. The summed E-state index contributed by atoms with van der Waals surface area (Å²) in [7, 11) is -1.10. The van der Waals surface area contributed by atoms with Gasteiger partial charge in [-0.1, -0.05) is 152 Å². The zero-order valence-electron chi connectivity index (χ0n) is 20.2. The van der Waals surface area contributed by atoms with Crippen LogP contribution in [0.1, 0.15) is 11.2 Å². The van der Waals surface area contributed by atoms with Gasteiger partial charge in [-0.05, 0) is 48.8 Å². The summed E-state index contributed by atoms with van der Waals surface area (Å²) in [6.07, 6.45) is 1.11. The van der Waals surface area contributed by atoms with Crippen LogP contribution in [0.5, 0.6) is 0 Å². The Morgan fingerprint density at radius 2 is 0.703 bits per heavy atom. The summed E-state index contributed by atoms with van der Waals surface area (Å²) in [6, 6.07) is 55.7. The van der Waals surface area contributed by atoms with E-state index in [1.807, 2.05) is 0 Å². The summed E-state index contributed by atoms with van der Waals surface area (Å²) in [4.78, 5) is 0. The first-order valence-corrected chi connectivity index (χ1v) is 14.7. The Kier molecular flexibility index (Phi) is 14.0. The minimum absolute atomic E-state index is 0. The van der Waals surface area contributed by atoms with Crippen LogP contribution in [0.3, 0.4) is 0 Å². The fourth-order valence-electron chi connectivity index (χ4n) is 4.45. The Balaban J connectivity index is 0.00000160. The fourth-order valence-corrected chi connectivity index (χ4v) is 10.4. The Hall–Kier alpha value is -1.59. The predicted molar refractivity (Wildman–Crippen MR) is 152 cm³/mol. The quantitative estimate of drug-likeness (QED) is 0.168. The van der Waals surface area contributed by atoms with Gasteiger partial charge in [0.2, 0.25) is 0 Å². The smallest absolute Gasteiger partial charge is 1.00 e. The maximum absolute atomic E-state index is 2.33. The summed E-state index contributed by atoms with van der Waals surface area (Å²) >= 11 is 0. The molecule has 0 spiro atoms. The zero-order chi connectivity index (χ0) is 23.0. The van der Waals surface area contributed by atoms with Crippen LogP contribution >= 0.6 is 15.8 Å². The molecule has 0 aliphatic carbocycles. The summed E-state index contributed by atoms with van der Waals surface area (Å²) in [6.45, 7) is 0. The van der Waals surface area contributed by atoms with Crippen LogP contribution in [-0.4, -0.2) is 6.16 Å². The minimum Gasteiger partial charge on any atom is -1.00 e. The third kappa shape index (κ3) is 8.20. The SMILES string of the molecule is [Br-].[Br-].[Ni+2].c1ccc([C@H](CP(c2ccccc2)c2ccccc2)P(c2ccccc2)c2ccccc2)cc1. The molecule has 37 heavy (non-hydrogen) atoms. The summed E-state index contributed by atoms with van der Waals surface area (Å²) < 4.78 is 0. The van der Waals surface area contributed by atoms with Crippen molar-refractivity contribution in [2.24, 2.45) is 0 Å². The maximum Gasteiger partial charge on any atom is 2.00 e. The van der Waals surface area contributed by atoms with Crippen molar-refractivity contribution in [2.45, 2.75) is 5.66 Å². The van der Waals surface area contributed by atoms with Crippen molar-refractivity contribution in [3.05, 3.63) is 157 Å². The molecule has 0 saturated heterocycles. The molecule has 0 fully saturated rings. The van der Waals surface area contributed by atoms with E-state index >= 15 is 0 Å². The first-order chi connectivity index (χ1) is 16.9. The van der Waals surface area contributed by atoms with Gasteiger partial charge in [0.1, 0.15) is 0 Å². The van der Waals surface area contributed by atoms with Gasteiger partial charge in [0.25, 0.3) is 0 Å². The van der Waals surface area contributed by atoms with Crippen molar-refractivity contribution in [1.29, 1.82) is 0 Å². The Morgan fingerprint density at radius 3 is 1.05 bits per heavy atom. The topological polar surface area (TPSA) is 0 Å². The van der Waals surface area contributed by atoms with Crippen molar-refractivity contribution < 1.29 is 50.5 Å². The van der Waals surface area contributed by atoms with Gasteiger partial charge in [-0.3, -0.25) is 0 Å². The Labute approximate surface area is 254 Å². The van der Waals surface area contributed by atoms with Crippen molar-refractivity contribution in [2.75, 3.05) is 6.16 Å². The second kappa shape index (κ2) is 16.4. The second-order valence-electron chi connectivity index (χ2n) is 8.25. The van der Waals surface area contributed by atoms with E-state index in [4.69, 9.17) is 0 Å². The van der Waals surface area contributed by atoms with Crippen LogP contribution in [0.2, 0.25) is 0 Å². The summed E-state index contributed by atoms with van der Waals surface area (Å²) in [5.41, 5.74) is 1.84. The van der Waals surface area contributed by atoms with Gasteiger partial charge in [-0.15, -0.1) is 0 Å². The van der Waals surface area contributed by atoms with Crippen LogP contribution in [0.25, 0.3) is 0 Å². The first-order valence-electron chi connectivity index (χ1n) is 11.7. The van der Waals surface area contributed by atoms with E-state index in [1.165, 1.54) is 26.8 Å². The van der Waals surface area contributed by atoms with Gasteiger partial charge < -0.3 is 34.0 Å². The molecule has 0 aromatic heterocycles. The standard InChI is InChI=1S/C32H28P2.2BrH.Ni/c1-6-16-27(17-7-1)32(34(30-22-12-4-13-23-30)31-24-14-5-15-25-31)26-33(28-18-8-2-9-19-28)29-20-10-3-11-21-29;;;/h1-25,32H,26H2;2*1H;/q;;;+2/p-2/t32-;;;/m0.../s1. The van der Waals surface area contributed by atoms with Gasteiger partial charge in [-0.2, -0.15) is 0 Å². The normalized spacial score (nSPS) is 11.1. The molecule has 0 N–H and O–H groups in total. The molecule has 5 rings (SSSR count). The van der Waals surface area contributed by atoms with Crippen LogP contribution < -0.4 is 55.2 Å². The largest absolute Gasteiger partial charge is 2.00 e. The molecule has 0 nitrogen and oxygen atoms in total. The van der Waals surface area contributed by atoms with Gasteiger partial charge in [0.05, 0.1) is 0 Å². The van der Waals surface area contributed by atoms with Crippen molar-refractivity contribution in [3.63, 3.8) is 0 Å². The average Bonchev–Trinajstić information content (AvgIpc) is 2.93. The van der Waals surface area contributed by atoms with Crippen molar-refractivity contribution in [3.8, 4) is 0 Å². The van der Waals surface area contributed by atoms with E-state index in [0.29, 0.717) is 5.66 Å². The number of benzene rings is 5. The molecule has 5 aromatic carbocycles. The molecule has 0 radical (unpaired) electrons. The number of hydrogen-bond acceptors (Lipinski definition) is 0. The van der Waals surface area contributed by atoms with E-state index < -0.39 is 15.8 Å². The molecule has 0 bridgehead atoms.